The molecule has 0 aliphatic heterocycles. The van der Waals surface area contributed by atoms with E-state index in [9.17, 15) is 18.0 Å². The Hall–Kier alpha value is -3.86. The number of aromatic nitrogens is 3. The van der Waals surface area contributed by atoms with Gasteiger partial charge in [0.25, 0.3) is 5.89 Å². The van der Waals surface area contributed by atoms with Crippen LogP contribution in [0, 0.1) is 0 Å². The van der Waals surface area contributed by atoms with Crippen molar-refractivity contribution in [3.05, 3.63) is 54.2 Å². The summed E-state index contributed by atoms with van der Waals surface area (Å²) in [5.74, 6) is -0.398. The fourth-order valence-corrected chi connectivity index (χ4v) is 3.65. The lowest BCUT2D eigenvalue weighted by molar-refractivity contribution is -0.139. The third kappa shape index (κ3) is 5.29. The third-order valence-corrected chi connectivity index (χ3v) is 5.12. The monoisotopic (exact) mass is 488 g/mol. The van der Waals surface area contributed by atoms with Gasteiger partial charge in [0.2, 0.25) is 11.7 Å². The number of aliphatic hydroxyl groups is 1. The number of nitrogens with one attached hydrogen (secondary N) is 1. The van der Waals surface area contributed by atoms with Crippen molar-refractivity contribution in [1.82, 2.24) is 20.0 Å². The van der Waals surface area contributed by atoms with Crippen LogP contribution in [0.2, 0.25) is 0 Å². The van der Waals surface area contributed by atoms with Crippen LogP contribution in [0.15, 0.2) is 53.2 Å². The number of carbonyl (C=O) groups is 1. The van der Waals surface area contributed by atoms with Crippen molar-refractivity contribution < 1.29 is 32.3 Å². The summed E-state index contributed by atoms with van der Waals surface area (Å²) in [4.78, 5) is 16.4. The molecule has 11 heteroatoms. The van der Waals surface area contributed by atoms with Crippen molar-refractivity contribution in [1.29, 1.82) is 0 Å². The van der Waals surface area contributed by atoms with E-state index in [1.165, 1.54) is 12.1 Å². The molecule has 4 rings (SSSR count). The van der Waals surface area contributed by atoms with Crippen molar-refractivity contribution in [2.45, 2.75) is 32.7 Å². The van der Waals surface area contributed by atoms with Gasteiger partial charge < -0.3 is 24.3 Å². The quantitative estimate of drug-likeness (QED) is 0.384. The van der Waals surface area contributed by atoms with E-state index in [0.29, 0.717) is 5.56 Å². The summed E-state index contributed by atoms with van der Waals surface area (Å²) in [6, 6.07) is 10.7. The van der Waals surface area contributed by atoms with Gasteiger partial charge in [-0.25, -0.2) is 0 Å². The molecule has 0 atom stereocenters. The zero-order chi connectivity index (χ0) is 25.2. The first-order chi connectivity index (χ1) is 16.7. The Labute approximate surface area is 198 Å². The second kappa shape index (κ2) is 9.79. The van der Waals surface area contributed by atoms with Crippen molar-refractivity contribution >= 4 is 16.8 Å². The molecule has 35 heavy (non-hydrogen) atoms. The minimum Gasteiger partial charge on any atom is -0.490 e. The molecule has 0 unspecified atom stereocenters. The van der Waals surface area contributed by atoms with E-state index in [2.05, 4.69) is 15.5 Å². The second-order valence-corrected chi connectivity index (χ2v) is 8.05. The first kappa shape index (κ1) is 24.3. The molecule has 0 aliphatic carbocycles. The summed E-state index contributed by atoms with van der Waals surface area (Å²) in [5.41, 5.74) is 0.518. The number of alkyl halides is 3. The predicted molar refractivity (Wildman–Crippen MR) is 122 cm³/mol. The van der Waals surface area contributed by atoms with Crippen LogP contribution in [0.5, 0.6) is 5.75 Å². The Morgan fingerprint density at radius 2 is 2.03 bits per heavy atom. The standard InChI is InChI=1S/C24H23F3N4O4/c1-14(2)34-20-7-6-15(12-18(20)24(25,26)27)23-29-22(30-35-23)17-4-3-5-19-16(17)8-10-31(19)13-21(33)28-9-11-32/h3-8,10,12,14,32H,9,11,13H2,1-2H3,(H,28,33). The van der Waals surface area contributed by atoms with Crippen molar-refractivity contribution in [2.75, 3.05) is 13.2 Å². The SMILES string of the molecule is CC(C)Oc1ccc(-c2nc(-c3cccc4c3ccn4CC(=O)NCCO)no2)cc1C(F)(F)F. The smallest absolute Gasteiger partial charge is 0.419 e. The highest BCUT2D eigenvalue weighted by Crippen LogP contribution is 2.39. The van der Waals surface area contributed by atoms with Crippen LogP contribution in [-0.2, 0) is 17.5 Å². The molecular weight excluding hydrogens is 465 g/mol. The molecular formula is C24H23F3N4O4. The van der Waals surface area contributed by atoms with Gasteiger partial charge in [0.05, 0.1) is 18.3 Å². The largest absolute Gasteiger partial charge is 0.490 e. The third-order valence-electron chi connectivity index (χ3n) is 5.12. The molecule has 2 N–H and O–H groups in total. The molecule has 4 aromatic rings. The summed E-state index contributed by atoms with van der Waals surface area (Å²) in [6.45, 7) is 3.35. The molecule has 0 aliphatic rings. The first-order valence-electron chi connectivity index (χ1n) is 10.8. The molecule has 2 heterocycles. The van der Waals surface area contributed by atoms with E-state index in [1.54, 1.807) is 42.8 Å². The lowest BCUT2D eigenvalue weighted by Gasteiger charge is -2.16. The Balaban J connectivity index is 1.66. The zero-order valence-electron chi connectivity index (χ0n) is 19.0. The average Bonchev–Trinajstić information content (AvgIpc) is 3.45. The van der Waals surface area contributed by atoms with Crippen LogP contribution in [0.25, 0.3) is 33.7 Å². The van der Waals surface area contributed by atoms with E-state index in [1.807, 2.05) is 6.07 Å². The van der Waals surface area contributed by atoms with Crippen LogP contribution in [0.4, 0.5) is 13.2 Å². The Kier molecular flexibility index (Phi) is 6.79. The molecule has 0 bridgehead atoms. The summed E-state index contributed by atoms with van der Waals surface area (Å²) in [7, 11) is 0. The minimum absolute atomic E-state index is 0.0511. The molecule has 1 amide bonds. The number of carbonyl (C=O) groups excluding carboxylic acids is 1. The maximum atomic E-state index is 13.6. The number of ether oxygens (including phenoxy) is 1. The average molecular weight is 488 g/mol. The molecule has 0 radical (unpaired) electrons. The Bertz CT molecular complexity index is 1340. The summed E-state index contributed by atoms with van der Waals surface area (Å²) in [5, 5.41) is 16.2. The fraction of sp³-hybridized carbons (Fsp3) is 0.292. The van der Waals surface area contributed by atoms with E-state index >= 15 is 0 Å². The van der Waals surface area contributed by atoms with Crippen molar-refractivity contribution in [2.24, 2.45) is 0 Å². The van der Waals surface area contributed by atoms with Crippen LogP contribution in [0.3, 0.4) is 0 Å². The number of fused-ring (bicyclic) bond motifs is 1. The summed E-state index contributed by atoms with van der Waals surface area (Å²) >= 11 is 0. The molecule has 0 saturated heterocycles. The van der Waals surface area contributed by atoms with Gasteiger partial charge in [-0.3, -0.25) is 4.79 Å². The number of amides is 1. The van der Waals surface area contributed by atoms with Gasteiger partial charge in [-0.2, -0.15) is 18.2 Å². The van der Waals surface area contributed by atoms with Gasteiger partial charge >= 0.3 is 6.18 Å². The summed E-state index contributed by atoms with van der Waals surface area (Å²) in [6.07, 6.45) is -3.32. The molecule has 0 fully saturated rings. The predicted octanol–water partition coefficient (Wildman–Crippen LogP) is 4.27. The molecule has 0 spiro atoms. The number of hydrogen-bond donors (Lipinski definition) is 2. The molecule has 184 valence electrons. The lowest BCUT2D eigenvalue weighted by Crippen LogP contribution is -2.29. The summed E-state index contributed by atoms with van der Waals surface area (Å²) < 4.78 is 53.2. The van der Waals surface area contributed by atoms with Crippen LogP contribution in [0.1, 0.15) is 19.4 Å². The minimum atomic E-state index is -4.62. The number of hydrogen-bond acceptors (Lipinski definition) is 6. The highest BCUT2D eigenvalue weighted by Gasteiger charge is 2.35. The number of aliphatic hydroxyl groups excluding tert-OH is 1. The van der Waals surface area contributed by atoms with E-state index in [0.717, 1.165) is 17.0 Å². The normalized spacial score (nSPS) is 11.9. The molecule has 8 nitrogen and oxygen atoms in total. The maximum Gasteiger partial charge on any atom is 0.419 e. The van der Waals surface area contributed by atoms with Crippen LogP contribution in [-0.4, -0.2) is 45.0 Å². The van der Waals surface area contributed by atoms with Gasteiger partial charge in [-0.1, -0.05) is 17.3 Å². The molecule has 2 aromatic carbocycles. The second-order valence-electron chi connectivity index (χ2n) is 8.05. The Morgan fingerprint density at radius 1 is 1.23 bits per heavy atom. The molecule has 2 aromatic heterocycles. The van der Waals surface area contributed by atoms with Crippen LogP contribution < -0.4 is 10.1 Å². The number of rotatable bonds is 8. The molecule has 0 saturated carbocycles. The number of benzene rings is 2. The van der Waals surface area contributed by atoms with Gasteiger partial charge in [0.1, 0.15) is 12.3 Å². The first-order valence-corrected chi connectivity index (χ1v) is 10.8. The lowest BCUT2D eigenvalue weighted by atomic mass is 10.1. The van der Waals surface area contributed by atoms with Crippen molar-refractivity contribution in [3.8, 4) is 28.6 Å². The van der Waals surface area contributed by atoms with E-state index in [-0.39, 0.29) is 48.6 Å². The Morgan fingerprint density at radius 3 is 2.74 bits per heavy atom. The number of halogens is 3. The van der Waals surface area contributed by atoms with Gasteiger partial charge in [-0.15, -0.1) is 0 Å². The van der Waals surface area contributed by atoms with E-state index in [4.69, 9.17) is 14.4 Å². The highest BCUT2D eigenvalue weighted by atomic mass is 19.4. The fourth-order valence-electron chi connectivity index (χ4n) is 3.65. The zero-order valence-corrected chi connectivity index (χ0v) is 19.0. The number of nitrogens with zero attached hydrogens (tertiary/aromatic N) is 3. The van der Waals surface area contributed by atoms with E-state index < -0.39 is 17.8 Å². The van der Waals surface area contributed by atoms with Crippen LogP contribution >= 0.6 is 0 Å². The van der Waals surface area contributed by atoms with Gasteiger partial charge in [0.15, 0.2) is 0 Å². The van der Waals surface area contributed by atoms with Crippen molar-refractivity contribution in [3.63, 3.8) is 0 Å². The maximum absolute atomic E-state index is 13.6. The van der Waals surface area contributed by atoms with Gasteiger partial charge in [-0.05, 0) is 44.2 Å². The topological polar surface area (TPSA) is 102 Å². The van der Waals surface area contributed by atoms with Gasteiger partial charge in [0, 0.05) is 34.8 Å². The highest BCUT2D eigenvalue weighted by molar-refractivity contribution is 5.94.